The summed E-state index contributed by atoms with van der Waals surface area (Å²) in [7, 11) is 0. The standard InChI is InChI=1S/C28H30N4/c1-20-28(22-11-14-31(20)15-12-22)30-25-8-9-26(29-18-25)23-7-10-27-24(17-23)13-16-32(27)19-21-5-3-2-4-6-21/h2-10,13,16-18,20,22,28,30H,11-12,14-15,19H2,1H3. The van der Waals surface area contributed by atoms with Crippen LogP contribution in [0, 0.1) is 5.92 Å². The van der Waals surface area contributed by atoms with Crippen LogP contribution >= 0.6 is 0 Å². The number of benzene rings is 2. The van der Waals surface area contributed by atoms with Crippen LogP contribution in [0.1, 0.15) is 25.3 Å². The van der Waals surface area contributed by atoms with Gasteiger partial charge in [0.15, 0.2) is 0 Å². The van der Waals surface area contributed by atoms with Gasteiger partial charge in [0.05, 0.1) is 17.6 Å². The third-order valence-electron chi connectivity index (χ3n) is 7.54. The Morgan fingerprint density at radius 3 is 2.56 bits per heavy atom. The summed E-state index contributed by atoms with van der Waals surface area (Å²) in [5.74, 6) is 0.789. The van der Waals surface area contributed by atoms with Gasteiger partial charge in [-0.1, -0.05) is 36.4 Å². The Kier molecular flexibility index (Phi) is 4.95. The van der Waals surface area contributed by atoms with Gasteiger partial charge < -0.3 is 9.88 Å². The van der Waals surface area contributed by atoms with Crippen molar-refractivity contribution in [3.05, 3.63) is 84.7 Å². The normalized spacial score (nSPS) is 24.7. The van der Waals surface area contributed by atoms with Crippen molar-refractivity contribution in [3.8, 4) is 11.3 Å². The van der Waals surface area contributed by atoms with E-state index < -0.39 is 0 Å². The second kappa shape index (κ2) is 8.10. The molecule has 4 aromatic rings. The summed E-state index contributed by atoms with van der Waals surface area (Å²) in [4.78, 5) is 7.42. The first-order valence-corrected chi connectivity index (χ1v) is 11.8. The predicted octanol–water partition coefficient (Wildman–Crippen LogP) is 5.65. The fourth-order valence-electron chi connectivity index (χ4n) is 5.67. The molecule has 3 aliphatic heterocycles. The van der Waals surface area contributed by atoms with Crippen LogP contribution < -0.4 is 5.32 Å². The average Bonchev–Trinajstić information content (AvgIpc) is 3.24. The molecule has 0 radical (unpaired) electrons. The van der Waals surface area contributed by atoms with Gasteiger partial charge in [-0.25, -0.2) is 0 Å². The Bertz CT molecular complexity index is 1200. The first kappa shape index (κ1) is 19.6. The number of nitrogens with one attached hydrogen (secondary N) is 1. The van der Waals surface area contributed by atoms with E-state index in [1.54, 1.807) is 0 Å². The molecule has 2 bridgehead atoms. The van der Waals surface area contributed by atoms with Crippen LogP contribution in [0.3, 0.4) is 0 Å². The zero-order chi connectivity index (χ0) is 21.5. The highest BCUT2D eigenvalue weighted by Gasteiger charge is 2.39. The molecule has 7 rings (SSSR count). The Morgan fingerprint density at radius 2 is 1.81 bits per heavy atom. The van der Waals surface area contributed by atoms with E-state index in [1.165, 1.54) is 42.4 Å². The lowest BCUT2D eigenvalue weighted by atomic mass is 9.79. The molecule has 0 amide bonds. The van der Waals surface area contributed by atoms with Crippen molar-refractivity contribution in [3.63, 3.8) is 0 Å². The molecule has 3 fully saturated rings. The first-order valence-electron chi connectivity index (χ1n) is 11.8. The second-order valence-corrected chi connectivity index (χ2v) is 9.42. The number of nitrogens with zero attached hydrogens (tertiary/aromatic N) is 3. The van der Waals surface area contributed by atoms with Crippen molar-refractivity contribution < 1.29 is 0 Å². The Morgan fingerprint density at radius 1 is 0.969 bits per heavy atom. The second-order valence-electron chi connectivity index (χ2n) is 9.42. The maximum atomic E-state index is 4.80. The Labute approximate surface area is 189 Å². The molecule has 2 atom stereocenters. The molecule has 0 spiro atoms. The van der Waals surface area contributed by atoms with E-state index in [1.807, 2.05) is 6.20 Å². The van der Waals surface area contributed by atoms with Crippen LogP contribution in [0.25, 0.3) is 22.2 Å². The van der Waals surface area contributed by atoms with Gasteiger partial charge in [-0.2, -0.15) is 0 Å². The van der Waals surface area contributed by atoms with Crippen LogP contribution in [-0.4, -0.2) is 39.6 Å². The smallest absolute Gasteiger partial charge is 0.0703 e. The molecule has 162 valence electrons. The summed E-state index contributed by atoms with van der Waals surface area (Å²) in [5, 5.41) is 5.04. The maximum Gasteiger partial charge on any atom is 0.0703 e. The van der Waals surface area contributed by atoms with E-state index in [0.717, 1.165) is 29.4 Å². The van der Waals surface area contributed by atoms with Gasteiger partial charge in [0.2, 0.25) is 0 Å². The van der Waals surface area contributed by atoms with Crippen LogP contribution in [0.5, 0.6) is 0 Å². The van der Waals surface area contributed by atoms with Crippen molar-refractivity contribution in [1.82, 2.24) is 14.5 Å². The number of rotatable bonds is 5. The summed E-state index contributed by atoms with van der Waals surface area (Å²) in [6.45, 7) is 5.78. The third kappa shape index (κ3) is 3.59. The minimum absolute atomic E-state index is 0.533. The SMILES string of the molecule is CC1C(Nc2ccc(-c3ccc4c(ccn4Cc4ccccc4)c3)nc2)C2CCN1CC2. The van der Waals surface area contributed by atoms with E-state index >= 15 is 0 Å². The number of piperidine rings is 3. The predicted molar refractivity (Wildman–Crippen MR) is 132 cm³/mol. The van der Waals surface area contributed by atoms with Crippen molar-refractivity contribution >= 4 is 16.6 Å². The van der Waals surface area contributed by atoms with Crippen molar-refractivity contribution in [2.45, 2.75) is 38.4 Å². The van der Waals surface area contributed by atoms with Crippen molar-refractivity contribution in [1.29, 1.82) is 0 Å². The topological polar surface area (TPSA) is 33.1 Å². The fourth-order valence-corrected chi connectivity index (χ4v) is 5.67. The molecule has 2 aromatic carbocycles. The largest absolute Gasteiger partial charge is 0.379 e. The van der Waals surface area contributed by atoms with E-state index in [0.29, 0.717) is 12.1 Å². The lowest BCUT2D eigenvalue weighted by molar-refractivity contribution is 0.0458. The summed E-state index contributed by atoms with van der Waals surface area (Å²) < 4.78 is 2.31. The molecular weight excluding hydrogens is 392 g/mol. The highest BCUT2D eigenvalue weighted by molar-refractivity contribution is 5.85. The van der Waals surface area contributed by atoms with E-state index in [-0.39, 0.29) is 0 Å². The molecule has 2 unspecified atom stereocenters. The summed E-state index contributed by atoms with van der Waals surface area (Å²) in [6.07, 6.45) is 6.82. The van der Waals surface area contributed by atoms with E-state index in [9.17, 15) is 0 Å². The van der Waals surface area contributed by atoms with Gasteiger partial charge in [0.25, 0.3) is 0 Å². The summed E-state index contributed by atoms with van der Waals surface area (Å²) in [6, 6.07) is 24.9. The number of aromatic nitrogens is 2. The number of fused-ring (bicyclic) bond motifs is 4. The van der Waals surface area contributed by atoms with Gasteiger partial charge in [-0.15, -0.1) is 0 Å². The number of hydrogen-bond donors (Lipinski definition) is 1. The number of pyridine rings is 1. The molecule has 1 N–H and O–H groups in total. The molecule has 0 aliphatic carbocycles. The monoisotopic (exact) mass is 422 g/mol. The zero-order valence-corrected chi connectivity index (χ0v) is 18.6. The molecule has 0 saturated carbocycles. The van der Waals surface area contributed by atoms with Crippen molar-refractivity contribution in [2.75, 3.05) is 18.4 Å². The van der Waals surface area contributed by atoms with Gasteiger partial charge in [-0.3, -0.25) is 9.88 Å². The van der Waals surface area contributed by atoms with E-state index in [2.05, 4.69) is 94.6 Å². The number of anilines is 1. The minimum atomic E-state index is 0.533. The van der Waals surface area contributed by atoms with Gasteiger partial charge >= 0.3 is 0 Å². The van der Waals surface area contributed by atoms with Gasteiger partial charge in [0.1, 0.15) is 0 Å². The highest BCUT2D eigenvalue weighted by Crippen LogP contribution is 2.34. The lowest BCUT2D eigenvalue weighted by Crippen LogP contribution is -2.59. The molecule has 3 saturated heterocycles. The third-order valence-corrected chi connectivity index (χ3v) is 7.54. The molecular formula is C28H30N4. The van der Waals surface area contributed by atoms with Crippen LogP contribution in [0.15, 0.2) is 79.1 Å². The summed E-state index contributed by atoms with van der Waals surface area (Å²) in [5.41, 5.74) is 5.89. The van der Waals surface area contributed by atoms with Crippen LogP contribution in [0.2, 0.25) is 0 Å². The Hall–Kier alpha value is -3.11. The Balaban J connectivity index is 1.20. The van der Waals surface area contributed by atoms with Gasteiger partial charge in [-0.05, 0) is 74.7 Å². The molecule has 4 heteroatoms. The first-order chi connectivity index (χ1) is 15.7. The lowest BCUT2D eigenvalue weighted by Gasteiger charge is -2.50. The van der Waals surface area contributed by atoms with Crippen molar-refractivity contribution in [2.24, 2.45) is 5.92 Å². The van der Waals surface area contributed by atoms with Crippen LogP contribution in [-0.2, 0) is 6.54 Å². The molecule has 32 heavy (non-hydrogen) atoms. The maximum absolute atomic E-state index is 4.80. The minimum Gasteiger partial charge on any atom is -0.379 e. The van der Waals surface area contributed by atoms with E-state index in [4.69, 9.17) is 4.98 Å². The quantitative estimate of drug-likeness (QED) is 0.451. The molecule has 4 nitrogen and oxygen atoms in total. The van der Waals surface area contributed by atoms with Crippen LogP contribution in [0.4, 0.5) is 5.69 Å². The average molecular weight is 423 g/mol. The molecule has 3 aliphatic rings. The van der Waals surface area contributed by atoms with Gasteiger partial charge in [0, 0.05) is 41.3 Å². The fraction of sp³-hybridized carbons (Fsp3) is 0.321. The molecule has 2 aromatic heterocycles. The molecule has 5 heterocycles. The highest BCUT2D eigenvalue weighted by atomic mass is 15.2. The summed E-state index contributed by atoms with van der Waals surface area (Å²) >= 11 is 0. The number of hydrogen-bond acceptors (Lipinski definition) is 3. The zero-order valence-electron chi connectivity index (χ0n) is 18.6.